The van der Waals surface area contributed by atoms with Crippen molar-refractivity contribution < 1.29 is 13.6 Å². The van der Waals surface area contributed by atoms with Gasteiger partial charge in [-0.1, -0.05) is 0 Å². The standard InChI is InChI=1S/C10H13F2N3OS/c1-6-4-17-8(15-6)3-13-9(16)7-2-10(11,12)5-14-7/h4,7,14H,2-3,5H2,1H3,(H,13,16). The van der Waals surface area contributed by atoms with Gasteiger partial charge in [0.05, 0.1) is 19.1 Å². The maximum Gasteiger partial charge on any atom is 0.262 e. The molecule has 0 aliphatic carbocycles. The molecule has 2 N–H and O–H groups in total. The Morgan fingerprint density at radius 1 is 1.76 bits per heavy atom. The van der Waals surface area contributed by atoms with Gasteiger partial charge in [-0.2, -0.15) is 0 Å². The Morgan fingerprint density at radius 2 is 2.53 bits per heavy atom. The largest absolute Gasteiger partial charge is 0.348 e. The Morgan fingerprint density at radius 3 is 3.06 bits per heavy atom. The van der Waals surface area contributed by atoms with Crippen molar-refractivity contribution in [3.8, 4) is 0 Å². The minimum atomic E-state index is -2.78. The molecule has 17 heavy (non-hydrogen) atoms. The number of halogens is 2. The van der Waals surface area contributed by atoms with Gasteiger partial charge in [-0.3, -0.25) is 10.1 Å². The van der Waals surface area contributed by atoms with Crippen LogP contribution in [-0.2, 0) is 11.3 Å². The van der Waals surface area contributed by atoms with E-state index in [-0.39, 0.29) is 0 Å². The maximum absolute atomic E-state index is 12.9. The molecule has 0 spiro atoms. The summed E-state index contributed by atoms with van der Waals surface area (Å²) in [5, 5.41) is 7.77. The number of rotatable bonds is 3. The molecule has 0 radical (unpaired) electrons. The molecule has 0 bridgehead atoms. The first-order chi connectivity index (χ1) is 7.96. The molecule has 4 nitrogen and oxygen atoms in total. The zero-order valence-electron chi connectivity index (χ0n) is 9.30. The third kappa shape index (κ3) is 3.19. The number of carbonyl (C=O) groups is 1. The van der Waals surface area contributed by atoms with Crippen LogP contribution in [0.5, 0.6) is 0 Å². The van der Waals surface area contributed by atoms with Crippen LogP contribution in [0.3, 0.4) is 0 Å². The molecule has 1 aliphatic rings. The lowest BCUT2D eigenvalue weighted by Gasteiger charge is -2.09. The number of alkyl halides is 2. The van der Waals surface area contributed by atoms with Gasteiger partial charge in [0.1, 0.15) is 5.01 Å². The molecule has 2 rings (SSSR count). The summed E-state index contributed by atoms with van der Waals surface area (Å²) in [6, 6.07) is -0.800. The fourth-order valence-electron chi connectivity index (χ4n) is 1.67. The average molecular weight is 261 g/mol. The third-order valence-corrected chi connectivity index (χ3v) is 3.47. The summed E-state index contributed by atoms with van der Waals surface area (Å²) in [4.78, 5) is 15.8. The summed E-state index contributed by atoms with van der Waals surface area (Å²) in [6.45, 7) is 1.73. The van der Waals surface area contributed by atoms with E-state index >= 15 is 0 Å². The second kappa shape index (κ2) is 4.66. The summed E-state index contributed by atoms with van der Waals surface area (Å²) in [5.41, 5.74) is 0.893. The minimum Gasteiger partial charge on any atom is -0.348 e. The van der Waals surface area contributed by atoms with Gasteiger partial charge < -0.3 is 5.32 Å². The topological polar surface area (TPSA) is 54.0 Å². The molecule has 7 heteroatoms. The van der Waals surface area contributed by atoms with Crippen LogP contribution < -0.4 is 10.6 Å². The molecule has 1 aromatic heterocycles. The van der Waals surface area contributed by atoms with Crippen molar-refractivity contribution in [2.75, 3.05) is 6.54 Å². The molecule has 1 saturated heterocycles. The quantitative estimate of drug-likeness (QED) is 0.855. The molecule has 0 aromatic carbocycles. The van der Waals surface area contributed by atoms with E-state index < -0.39 is 30.8 Å². The van der Waals surface area contributed by atoms with Gasteiger partial charge in [0.2, 0.25) is 5.91 Å². The normalized spacial score (nSPS) is 22.6. The SMILES string of the molecule is Cc1csc(CNC(=O)C2CC(F)(F)CN2)n1. The molecule has 1 aromatic rings. The molecule has 1 fully saturated rings. The molecular weight excluding hydrogens is 248 g/mol. The van der Waals surface area contributed by atoms with Gasteiger partial charge in [-0.05, 0) is 6.92 Å². The fraction of sp³-hybridized carbons (Fsp3) is 0.600. The highest BCUT2D eigenvalue weighted by molar-refractivity contribution is 7.09. The van der Waals surface area contributed by atoms with Crippen LogP contribution in [0.15, 0.2) is 5.38 Å². The van der Waals surface area contributed by atoms with E-state index in [1.54, 1.807) is 0 Å². The fourth-order valence-corrected chi connectivity index (χ4v) is 2.38. The van der Waals surface area contributed by atoms with Crippen molar-refractivity contribution in [1.29, 1.82) is 0 Å². The predicted molar refractivity (Wildman–Crippen MR) is 60.1 cm³/mol. The van der Waals surface area contributed by atoms with Crippen LogP contribution >= 0.6 is 11.3 Å². The lowest BCUT2D eigenvalue weighted by Crippen LogP contribution is -2.39. The van der Waals surface area contributed by atoms with E-state index in [1.165, 1.54) is 11.3 Å². The van der Waals surface area contributed by atoms with Crippen LogP contribution in [0.1, 0.15) is 17.1 Å². The van der Waals surface area contributed by atoms with Crippen molar-refractivity contribution in [3.63, 3.8) is 0 Å². The van der Waals surface area contributed by atoms with Crippen LogP contribution in [0.4, 0.5) is 8.78 Å². The van der Waals surface area contributed by atoms with Crippen molar-refractivity contribution in [2.45, 2.75) is 31.9 Å². The van der Waals surface area contributed by atoms with Crippen molar-refractivity contribution in [1.82, 2.24) is 15.6 Å². The van der Waals surface area contributed by atoms with Gasteiger partial charge in [0.25, 0.3) is 5.92 Å². The number of carbonyl (C=O) groups excluding carboxylic acids is 1. The van der Waals surface area contributed by atoms with Crippen LogP contribution in [0, 0.1) is 6.92 Å². The molecule has 1 amide bonds. The van der Waals surface area contributed by atoms with Gasteiger partial charge in [0, 0.05) is 17.5 Å². The zero-order chi connectivity index (χ0) is 12.5. The first-order valence-corrected chi connectivity index (χ1v) is 6.14. The zero-order valence-corrected chi connectivity index (χ0v) is 10.1. The van der Waals surface area contributed by atoms with Crippen molar-refractivity contribution in [2.24, 2.45) is 0 Å². The molecule has 94 valence electrons. The Kier molecular flexibility index (Phi) is 3.39. The summed E-state index contributed by atoms with van der Waals surface area (Å²) < 4.78 is 25.7. The first-order valence-electron chi connectivity index (χ1n) is 5.26. The number of amides is 1. The lowest BCUT2D eigenvalue weighted by molar-refractivity contribution is -0.123. The second-order valence-electron chi connectivity index (χ2n) is 4.09. The molecule has 2 heterocycles. The van der Waals surface area contributed by atoms with E-state index in [0.29, 0.717) is 6.54 Å². The molecule has 1 atom stereocenters. The monoisotopic (exact) mass is 261 g/mol. The van der Waals surface area contributed by atoms with Crippen molar-refractivity contribution >= 4 is 17.2 Å². The van der Waals surface area contributed by atoms with E-state index in [1.807, 2.05) is 12.3 Å². The maximum atomic E-state index is 12.9. The highest BCUT2D eigenvalue weighted by Gasteiger charge is 2.42. The smallest absolute Gasteiger partial charge is 0.262 e. The summed E-state index contributed by atoms with van der Waals surface area (Å²) in [6.07, 6.45) is -0.435. The number of thiazole rings is 1. The minimum absolute atomic E-state index is 0.293. The third-order valence-electron chi connectivity index (χ3n) is 2.51. The highest BCUT2D eigenvalue weighted by Crippen LogP contribution is 2.25. The van der Waals surface area contributed by atoms with Gasteiger partial charge in [-0.25, -0.2) is 13.8 Å². The number of aromatic nitrogens is 1. The Labute approximate surface area is 101 Å². The summed E-state index contributed by atoms with van der Waals surface area (Å²) >= 11 is 1.44. The number of hydrogen-bond donors (Lipinski definition) is 2. The van der Waals surface area contributed by atoms with Crippen LogP contribution in [-0.4, -0.2) is 29.4 Å². The van der Waals surface area contributed by atoms with Gasteiger partial charge in [-0.15, -0.1) is 11.3 Å². The van der Waals surface area contributed by atoms with Gasteiger partial charge >= 0.3 is 0 Å². The number of aryl methyl sites for hydroxylation is 1. The van der Waals surface area contributed by atoms with E-state index in [9.17, 15) is 13.6 Å². The summed E-state index contributed by atoms with van der Waals surface area (Å²) in [7, 11) is 0. The van der Waals surface area contributed by atoms with E-state index in [4.69, 9.17) is 0 Å². The van der Waals surface area contributed by atoms with E-state index in [0.717, 1.165) is 10.7 Å². The van der Waals surface area contributed by atoms with Crippen molar-refractivity contribution in [3.05, 3.63) is 16.1 Å². The number of nitrogens with one attached hydrogen (secondary N) is 2. The lowest BCUT2D eigenvalue weighted by atomic mass is 10.2. The van der Waals surface area contributed by atoms with Gasteiger partial charge in [0.15, 0.2) is 0 Å². The molecule has 0 saturated carbocycles. The second-order valence-corrected chi connectivity index (χ2v) is 5.04. The Bertz CT molecular complexity index is 421. The number of hydrogen-bond acceptors (Lipinski definition) is 4. The Hall–Kier alpha value is -1.08. The highest BCUT2D eigenvalue weighted by atomic mass is 32.1. The molecule has 1 aliphatic heterocycles. The summed E-state index contributed by atoms with van der Waals surface area (Å²) in [5.74, 6) is -3.17. The van der Waals surface area contributed by atoms with Crippen LogP contribution in [0.25, 0.3) is 0 Å². The number of nitrogens with zero attached hydrogens (tertiary/aromatic N) is 1. The average Bonchev–Trinajstić information content (AvgIpc) is 2.81. The van der Waals surface area contributed by atoms with Crippen LogP contribution in [0.2, 0.25) is 0 Å². The molecule has 1 unspecified atom stereocenters. The Balaban J connectivity index is 1.82. The van der Waals surface area contributed by atoms with E-state index in [2.05, 4.69) is 15.6 Å². The molecular formula is C10H13F2N3OS. The predicted octanol–water partition coefficient (Wildman–Crippen LogP) is 1.06. The first kappa shape index (κ1) is 12.4.